The first-order valence-electron chi connectivity index (χ1n) is 6.71. The Labute approximate surface area is 108 Å². The molecule has 98 valence electrons. The topological polar surface area (TPSA) is 45.2 Å². The highest BCUT2D eigenvalue weighted by Crippen LogP contribution is 2.15. The minimum Gasteiger partial charge on any atom is -0.339 e. The van der Waals surface area contributed by atoms with Crippen LogP contribution in [0, 0.1) is 5.92 Å². The molecule has 0 spiro atoms. The highest BCUT2D eigenvalue weighted by atomic mass is 16.2. The van der Waals surface area contributed by atoms with Gasteiger partial charge >= 0.3 is 0 Å². The van der Waals surface area contributed by atoms with Crippen molar-refractivity contribution in [2.24, 2.45) is 5.92 Å². The maximum atomic E-state index is 12.3. The summed E-state index contributed by atoms with van der Waals surface area (Å²) in [6.07, 6.45) is 5.68. The SMILES string of the molecule is CCN(CC1CCNCC1)C(=O)c1ccncc1. The Morgan fingerprint density at radius 3 is 2.67 bits per heavy atom. The normalized spacial score (nSPS) is 16.5. The summed E-state index contributed by atoms with van der Waals surface area (Å²) in [5.41, 5.74) is 0.737. The summed E-state index contributed by atoms with van der Waals surface area (Å²) in [4.78, 5) is 18.2. The second-order valence-electron chi connectivity index (χ2n) is 4.77. The van der Waals surface area contributed by atoms with E-state index in [0.717, 1.165) is 31.7 Å². The fourth-order valence-electron chi connectivity index (χ4n) is 2.41. The van der Waals surface area contributed by atoms with E-state index in [-0.39, 0.29) is 5.91 Å². The van der Waals surface area contributed by atoms with Crippen molar-refractivity contribution < 1.29 is 4.79 Å². The van der Waals surface area contributed by atoms with Gasteiger partial charge in [-0.15, -0.1) is 0 Å². The van der Waals surface area contributed by atoms with E-state index in [9.17, 15) is 4.79 Å². The molecule has 1 N–H and O–H groups in total. The fourth-order valence-corrected chi connectivity index (χ4v) is 2.41. The zero-order valence-corrected chi connectivity index (χ0v) is 10.9. The molecule has 0 bridgehead atoms. The predicted molar refractivity (Wildman–Crippen MR) is 71.4 cm³/mol. The summed E-state index contributed by atoms with van der Waals surface area (Å²) in [7, 11) is 0. The highest BCUT2D eigenvalue weighted by Gasteiger charge is 2.20. The lowest BCUT2D eigenvalue weighted by molar-refractivity contribution is 0.0726. The van der Waals surface area contributed by atoms with Crippen LogP contribution in [0.25, 0.3) is 0 Å². The van der Waals surface area contributed by atoms with Gasteiger partial charge in [0.2, 0.25) is 0 Å². The Kier molecular flexibility index (Phi) is 4.70. The van der Waals surface area contributed by atoms with Gasteiger partial charge in [-0.3, -0.25) is 9.78 Å². The Morgan fingerprint density at radius 2 is 2.06 bits per heavy atom. The van der Waals surface area contributed by atoms with Crippen molar-refractivity contribution in [3.8, 4) is 0 Å². The van der Waals surface area contributed by atoms with Gasteiger partial charge in [-0.1, -0.05) is 0 Å². The third kappa shape index (κ3) is 3.29. The summed E-state index contributed by atoms with van der Waals surface area (Å²) in [5.74, 6) is 0.760. The molecule has 0 saturated carbocycles. The molecule has 1 saturated heterocycles. The number of rotatable bonds is 4. The summed E-state index contributed by atoms with van der Waals surface area (Å²) < 4.78 is 0. The van der Waals surface area contributed by atoms with Gasteiger partial charge in [0.15, 0.2) is 0 Å². The van der Waals surface area contributed by atoms with E-state index >= 15 is 0 Å². The monoisotopic (exact) mass is 247 g/mol. The number of hydrogen-bond donors (Lipinski definition) is 1. The van der Waals surface area contributed by atoms with Crippen molar-refractivity contribution in [3.63, 3.8) is 0 Å². The summed E-state index contributed by atoms with van der Waals surface area (Å²) >= 11 is 0. The van der Waals surface area contributed by atoms with Crippen LogP contribution in [0.4, 0.5) is 0 Å². The van der Waals surface area contributed by atoms with E-state index in [1.165, 1.54) is 12.8 Å². The van der Waals surface area contributed by atoms with Gasteiger partial charge in [0, 0.05) is 31.0 Å². The highest BCUT2D eigenvalue weighted by molar-refractivity contribution is 5.94. The van der Waals surface area contributed by atoms with Gasteiger partial charge in [0.05, 0.1) is 0 Å². The first kappa shape index (κ1) is 13.0. The average molecular weight is 247 g/mol. The largest absolute Gasteiger partial charge is 0.339 e. The molecular formula is C14H21N3O. The smallest absolute Gasteiger partial charge is 0.253 e. The quantitative estimate of drug-likeness (QED) is 0.878. The molecule has 1 aromatic heterocycles. The molecule has 0 aromatic carbocycles. The van der Waals surface area contributed by atoms with Gasteiger partial charge < -0.3 is 10.2 Å². The second-order valence-corrected chi connectivity index (χ2v) is 4.77. The third-order valence-electron chi connectivity index (χ3n) is 3.53. The lowest BCUT2D eigenvalue weighted by atomic mass is 9.97. The molecule has 18 heavy (non-hydrogen) atoms. The first-order valence-corrected chi connectivity index (χ1v) is 6.71. The molecule has 4 nitrogen and oxygen atoms in total. The summed E-state index contributed by atoms with van der Waals surface area (Å²) in [6, 6.07) is 3.57. The molecule has 0 atom stereocenters. The number of nitrogens with one attached hydrogen (secondary N) is 1. The van der Waals surface area contributed by atoms with Crippen LogP contribution >= 0.6 is 0 Å². The Morgan fingerprint density at radius 1 is 1.39 bits per heavy atom. The molecule has 0 aliphatic carbocycles. The van der Waals surface area contributed by atoms with Crippen LogP contribution in [0.3, 0.4) is 0 Å². The van der Waals surface area contributed by atoms with Crippen molar-refractivity contribution in [1.29, 1.82) is 0 Å². The predicted octanol–water partition coefficient (Wildman–Crippen LogP) is 1.54. The number of hydrogen-bond acceptors (Lipinski definition) is 3. The van der Waals surface area contributed by atoms with Crippen molar-refractivity contribution in [1.82, 2.24) is 15.2 Å². The van der Waals surface area contributed by atoms with Crippen LogP contribution in [-0.4, -0.2) is 42.0 Å². The Hall–Kier alpha value is -1.42. The standard InChI is InChI=1S/C14H21N3O/c1-2-17(11-12-3-7-15-8-4-12)14(18)13-5-9-16-10-6-13/h5-6,9-10,12,15H,2-4,7-8,11H2,1H3. The van der Waals surface area contributed by atoms with Gasteiger partial charge in [0.1, 0.15) is 0 Å². The molecule has 0 unspecified atom stereocenters. The molecular weight excluding hydrogens is 226 g/mol. The van der Waals surface area contributed by atoms with Crippen LogP contribution in [0.1, 0.15) is 30.1 Å². The van der Waals surface area contributed by atoms with Gasteiger partial charge in [-0.05, 0) is 50.9 Å². The Balaban J connectivity index is 1.97. The molecule has 2 rings (SSSR count). The number of carbonyl (C=O) groups is 1. The van der Waals surface area contributed by atoms with Crippen LogP contribution in [0.15, 0.2) is 24.5 Å². The first-order chi connectivity index (χ1) is 8.81. The molecule has 1 amide bonds. The van der Waals surface area contributed by atoms with E-state index in [4.69, 9.17) is 0 Å². The number of amides is 1. The zero-order valence-electron chi connectivity index (χ0n) is 10.9. The summed E-state index contributed by atoms with van der Waals surface area (Å²) in [5, 5.41) is 3.36. The van der Waals surface area contributed by atoms with Crippen molar-refractivity contribution in [3.05, 3.63) is 30.1 Å². The lowest BCUT2D eigenvalue weighted by Crippen LogP contribution is -2.39. The van der Waals surface area contributed by atoms with Crippen LogP contribution in [0.5, 0.6) is 0 Å². The van der Waals surface area contributed by atoms with Gasteiger partial charge in [-0.2, -0.15) is 0 Å². The fraction of sp³-hybridized carbons (Fsp3) is 0.571. The number of piperidine rings is 1. The average Bonchev–Trinajstić information content (AvgIpc) is 2.46. The molecule has 0 radical (unpaired) electrons. The molecule has 2 heterocycles. The van der Waals surface area contributed by atoms with E-state index in [1.54, 1.807) is 24.5 Å². The maximum Gasteiger partial charge on any atom is 0.253 e. The summed E-state index contributed by atoms with van der Waals surface area (Å²) in [6.45, 7) is 5.84. The minimum absolute atomic E-state index is 0.124. The third-order valence-corrected chi connectivity index (χ3v) is 3.53. The van der Waals surface area contributed by atoms with E-state index in [0.29, 0.717) is 5.92 Å². The van der Waals surface area contributed by atoms with Crippen LogP contribution in [0.2, 0.25) is 0 Å². The maximum absolute atomic E-state index is 12.3. The van der Waals surface area contributed by atoms with E-state index in [2.05, 4.69) is 10.3 Å². The second kappa shape index (κ2) is 6.50. The van der Waals surface area contributed by atoms with Crippen molar-refractivity contribution in [2.75, 3.05) is 26.2 Å². The molecule has 1 fully saturated rings. The molecule has 1 aliphatic heterocycles. The number of carbonyl (C=O) groups excluding carboxylic acids is 1. The van der Waals surface area contributed by atoms with E-state index in [1.807, 2.05) is 11.8 Å². The van der Waals surface area contributed by atoms with Crippen molar-refractivity contribution >= 4 is 5.91 Å². The van der Waals surface area contributed by atoms with E-state index < -0.39 is 0 Å². The van der Waals surface area contributed by atoms with Crippen LogP contribution in [-0.2, 0) is 0 Å². The van der Waals surface area contributed by atoms with Crippen molar-refractivity contribution in [2.45, 2.75) is 19.8 Å². The molecule has 1 aliphatic rings. The van der Waals surface area contributed by atoms with Gasteiger partial charge in [-0.25, -0.2) is 0 Å². The minimum atomic E-state index is 0.124. The molecule has 1 aromatic rings. The Bertz CT molecular complexity index is 374. The lowest BCUT2D eigenvalue weighted by Gasteiger charge is -2.29. The number of aromatic nitrogens is 1. The van der Waals surface area contributed by atoms with Crippen LogP contribution < -0.4 is 5.32 Å². The number of nitrogens with zero attached hydrogens (tertiary/aromatic N) is 2. The number of pyridine rings is 1. The van der Waals surface area contributed by atoms with Gasteiger partial charge in [0.25, 0.3) is 5.91 Å². The molecule has 4 heteroatoms. The zero-order chi connectivity index (χ0) is 12.8.